The van der Waals surface area contributed by atoms with E-state index in [-0.39, 0.29) is 12.3 Å². The Morgan fingerprint density at radius 2 is 1.93 bits per heavy atom. The zero-order valence-electron chi connectivity index (χ0n) is 23.1. The Hall–Kier alpha value is -4.47. The number of aryl methyl sites for hydroxylation is 1. The molecule has 0 N–H and O–H groups in total. The summed E-state index contributed by atoms with van der Waals surface area (Å²) in [6, 6.07) is 18.4. The number of allylic oxidation sites excluding steroid dienone is 2. The third kappa shape index (κ3) is 5.21. The summed E-state index contributed by atoms with van der Waals surface area (Å²) in [6.45, 7) is 5.07. The zero-order chi connectivity index (χ0) is 27.6. The van der Waals surface area contributed by atoms with Gasteiger partial charge in [-0.25, -0.2) is 4.68 Å². The molecule has 2 aliphatic heterocycles. The number of hydrogen-bond donors (Lipinski definition) is 0. The monoisotopic (exact) mass is 536 g/mol. The number of benzene rings is 2. The Morgan fingerprint density at radius 3 is 2.65 bits per heavy atom. The molecule has 9 nitrogen and oxygen atoms in total. The molecular formula is C31H32N6O3. The van der Waals surface area contributed by atoms with Gasteiger partial charge in [0, 0.05) is 60.7 Å². The molecule has 0 saturated carbocycles. The average Bonchev–Trinajstić information content (AvgIpc) is 3.65. The maximum absolute atomic E-state index is 6.62. The quantitative estimate of drug-likeness (QED) is 0.307. The van der Waals surface area contributed by atoms with Gasteiger partial charge in [-0.2, -0.15) is 10.1 Å². The summed E-state index contributed by atoms with van der Waals surface area (Å²) in [5, 5.41) is 8.32. The second kappa shape index (κ2) is 11.0. The number of ether oxygens (including phenoxy) is 2. The predicted molar refractivity (Wildman–Crippen MR) is 151 cm³/mol. The third-order valence-corrected chi connectivity index (χ3v) is 7.16. The Morgan fingerprint density at radius 1 is 1.07 bits per heavy atom. The summed E-state index contributed by atoms with van der Waals surface area (Å²) in [6.07, 6.45) is 9.75. The lowest BCUT2D eigenvalue weighted by atomic mass is 9.93. The number of hydrogen-bond acceptors (Lipinski definition) is 8. The third-order valence-electron chi connectivity index (χ3n) is 7.16. The lowest BCUT2D eigenvalue weighted by Crippen LogP contribution is -2.42. The van der Waals surface area contributed by atoms with Gasteiger partial charge in [-0.1, -0.05) is 35.5 Å². The minimum atomic E-state index is -0.283. The van der Waals surface area contributed by atoms with E-state index in [2.05, 4.69) is 75.6 Å². The summed E-state index contributed by atoms with van der Waals surface area (Å²) in [5.74, 6) is 1.96. The van der Waals surface area contributed by atoms with Gasteiger partial charge in [0.2, 0.25) is 5.89 Å². The summed E-state index contributed by atoms with van der Waals surface area (Å²) < 4.78 is 19.7. The van der Waals surface area contributed by atoms with Crippen LogP contribution >= 0.6 is 0 Å². The van der Waals surface area contributed by atoms with Gasteiger partial charge in [0.05, 0.1) is 25.4 Å². The summed E-state index contributed by atoms with van der Waals surface area (Å²) in [4.78, 5) is 8.82. The van der Waals surface area contributed by atoms with Crippen LogP contribution in [-0.2, 0) is 17.8 Å². The van der Waals surface area contributed by atoms with Crippen molar-refractivity contribution in [2.45, 2.75) is 39.3 Å². The molecule has 9 heteroatoms. The van der Waals surface area contributed by atoms with Crippen LogP contribution in [-0.4, -0.2) is 56.2 Å². The van der Waals surface area contributed by atoms with Gasteiger partial charge in [-0.3, -0.25) is 4.90 Å². The molecule has 2 aliphatic rings. The maximum atomic E-state index is 6.62. The number of methoxy groups -OCH3 is 1. The molecule has 0 radical (unpaired) electrons. The number of aromatic nitrogens is 4. The van der Waals surface area contributed by atoms with Crippen LogP contribution in [0.5, 0.6) is 5.75 Å². The molecule has 2 atom stereocenters. The number of likely N-dealkylation sites (N-methyl/N-ethyl adjacent to an activating group) is 1. The largest absolute Gasteiger partial charge is 0.496 e. The summed E-state index contributed by atoms with van der Waals surface area (Å²) in [7, 11) is 3.77. The van der Waals surface area contributed by atoms with Gasteiger partial charge in [0.25, 0.3) is 0 Å². The van der Waals surface area contributed by atoms with E-state index in [0.717, 1.165) is 33.8 Å². The molecule has 0 saturated heterocycles. The molecule has 0 aliphatic carbocycles. The highest BCUT2D eigenvalue weighted by molar-refractivity contribution is 5.81. The van der Waals surface area contributed by atoms with E-state index in [9.17, 15) is 0 Å². The molecule has 0 fully saturated rings. The van der Waals surface area contributed by atoms with Crippen molar-refractivity contribution in [3.05, 3.63) is 119 Å². The zero-order valence-corrected chi connectivity index (χ0v) is 23.1. The van der Waals surface area contributed by atoms with Crippen molar-refractivity contribution in [1.82, 2.24) is 29.7 Å². The molecule has 2 unspecified atom stereocenters. The van der Waals surface area contributed by atoms with Crippen molar-refractivity contribution in [3.63, 3.8) is 0 Å². The Bertz CT molecular complexity index is 1570. The average molecular weight is 537 g/mol. The summed E-state index contributed by atoms with van der Waals surface area (Å²) in [5.41, 5.74) is 6.40. The molecule has 2 aromatic heterocycles. The van der Waals surface area contributed by atoms with Crippen LogP contribution in [0, 0.1) is 6.92 Å². The van der Waals surface area contributed by atoms with Crippen LogP contribution in [0.25, 0.3) is 11.3 Å². The van der Waals surface area contributed by atoms with Crippen molar-refractivity contribution in [2.75, 3.05) is 14.2 Å². The Kier molecular flexibility index (Phi) is 7.06. The first kappa shape index (κ1) is 25.8. The van der Waals surface area contributed by atoms with Crippen LogP contribution < -0.4 is 4.74 Å². The molecule has 2 aromatic carbocycles. The first-order valence-corrected chi connectivity index (χ1v) is 13.3. The SMILES string of the molecule is COc1cc(-n2cccn2)ccc1C1=CN(C)C2=CC(N(Cc3ccccc3)Cc3nc(C)no3)OC(C)C2=C1. The van der Waals surface area contributed by atoms with E-state index in [0.29, 0.717) is 24.8 Å². The standard InChI is InChI=1S/C31H32N6O3/c1-21-27-15-24(26-12-11-25(16-29(26)38-4)37-14-8-13-32-37)19-35(3)28(27)17-31(39-21)36(18-23-9-6-5-7-10-23)20-30-33-22(2)34-40-30/h5-17,19,21,31H,18,20H2,1-4H3. The fraction of sp³-hybridized carbons (Fsp3) is 0.258. The molecule has 6 rings (SSSR count). The molecule has 4 aromatic rings. The molecule has 0 spiro atoms. The van der Waals surface area contributed by atoms with Crippen molar-refractivity contribution < 1.29 is 14.0 Å². The van der Waals surface area contributed by atoms with Crippen LogP contribution in [0.4, 0.5) is 0 Å². The van der Waals surface area contributed by atoms with Crippen molar-refractivity contribution >= 4 is 5.57 Å². The molecule has 4 heterocycles. The number of fused-ring (bicyclic) bond motifs is 1. The van der Waals surface area contributed by atoms with Crippen LogP contribution in [0.15, 0.2) is 101 Å². The van der Waals surface area contributed by atoms with Gasteiger partial charge < -0.3 is 18.9 Å². The normalized spacial score (nSPS) is 18.7. The fourth-order valence-electron chi connectivity index (χ4n) is 5.21. The molecule has 204 valence electrons. The first-order chi connectivity index (χ1) is 19.5. The minimum Gasteiger partial charge on any atom is -0.496 e. The Balaban J connectivity index is 1.31. The topological polar surface area (TPSA) is 81.7 Å². The van der Waals surface area contributed by atoms with E-state index in [1.807, 2.05) is 54.2 Å². The molecule has 0 amide bonds. The van der Waals surface area contributed by atoms with Crippen LogP contribution in [0.2, 0.25) is 0 Å². The second-order valence-corrected chi connectivity index (χ2v) is 9.98. The van der Waals surface area contributed by atoms with E-state index < -0.39 is 0 Å². The van der Waals surface area contributed by atoms with Crippen molar-refractivity contribution in [1.29, 1.82) is 0 Å². The van der Waals surface area contributed by atoms with Gasteiger partial charge in [0.15, 0.2) is 5.82 Å². The lowest BCUT2D eigenvalue weighted by Gasteiger charge is -2.40. The van der Waals surface area contributed by atoms with Gasteiger partial charge >= 0.3 is 0 Å². The molecular weight excluding hydrogens is 504 g/mol. The summed E-state index contributed by atoms with van der Waals surface area (Å²) >= 11 is 0. The van der Waals surface area contributed by atoms with Crippen LogP contribution in [0.3, 0.4) is 0 Å². The Labute approximate surface area is 233 Å². The van der Waals surface area contributed by atoms with Crippen molar-refractivity contribution in [3.8, 4) is 11.4 Å². The first-order valence-electron chi connectivity index (χ1n) is 13.3. The lowest BCUT2D eigenvalue weighted by molar-refractivity contribution is -0.0709. The molecule has 40 heavy (non-hydrogen) atoms. The molecule has 0 bridgehead atoms. The van der Waals surface area contributed by atoms with E-state index >= 15 is 0 Å². The van der Waals surface area contributed by atoms with Crippen LogP contribution in [0.1, 0.15) is 29.8 Å². The number of nitrogens with zero attached hydrogens (tertiary/aromatic N) is 6. The highest BCUT2D eigenvalue weighted by atomic mass is 16.5. The van der Waals surface area contributed by atoms with Gasteiger partial charge in [0.1, 0.15) is 12.0 Å². The van der Waals surface area contributed by atoms with Gasteiger partial charge in [-0.05, 0) is 49.8 Å². The van der Waals surface area contributed by atoms with E-state index in [4.69, 9.17) is 14.0 Å². The maximum Gasteiger partial charge on any atom is 0.240 e. The predicted octanol–water partition coefficient (Wildman–Crippen LogP) is 5.12. The van der Waals surface area contributed by atoms with E-state index in [1.165, 1.54) is 5.56 Å². The minimum absolute atomic E-state index is 0.145. The fourth-order valence-corrected chi connectivity index (χ4v) is 5.21. The van der Waals surface area contributed by atoms with Gasteiger partial charge in [-0.15, -0.1) is 0 Å². The van der Waals surface area contributed by atoms with Crippen molar-refractivity contribution in [2.24, 2.45) is 0 Å². The highest BCUT2D eigenvalue weighted by Crippen LogP contribution is 2.38. The second-order valence-electron chi connectivity index (χ2n) is 9.98. The number of rotatable bonds is 8. The highest BCUT2D eigenvalue weighted by Gasteiger charge is 2.33. The smallest absolute Gasteiger partial charge is 0.240 e. The van der Waals surface area contributed by atoms with E-state index in [1.54, 1.807) is 13.3 Å².